The van der Waals surface area contributed by atoms with Crippen LogP contribution in [-0.4, -0.2) is 41.7 Å². The van der Waals surface area contributed by atoms with E-state index in [0.29, 0.717) is 16.7 Å². The molecule has 0 fully saturated rings. The van der Waals surface area contributed by atoms with Crippen LogP contribution < -0.4 is 16.6 Å². The fourth-order valence-corrected chi connectivity index (χ4v) is 5.58. The summed E-state index contributed by atoms with van der Waals surface area (Å²) in [6.07, 6.45) is 1.12. The molecule has 40 heavy (non-hydrogen) atoms. The Morgan fingerprint density at radius 2 is 1.68 bits per heavy atom. The van der Waals surface area contributed by atoms with E-state index in [2.05, 4.69) is 10.3 Å². The summed E-state index contributed by atoms with van der Waals surface area (Å²) < 4.78 is 29.7. The van der Waals surface area contributed by atoms with Crippen molar-refractivity contribution in [2.24, 2.45) is 0 Å². The lowest BCUT2D eigenvalue weighted by Gasteiger charge is -2.20. The highest BCUT2D eigenvalue weighted by Crippen LogP contribution is 2.23. The molecule has 10 nitrogen and oxygen atoms in total. The molecule has 2 heterocycles. The number of rotatable bonds is 7. The molecule has 2 aromatic heterocycles. The smallest absolute Gasteiger partial charge is 0.338 e. The zero-order chi connectivity index (χ0) is 29.4. The Morgan fingerprint density at radius 3 is 2.25 bits per heavy atom. The molecule has 0 radical (unpaired) electrons. The summed E-state index contributed by atoms with van der Waals surface area (Å²) in [5.41, 5.74) is -0.128. The summed E-state index contributed by atoms with van der Waals surface area (Å²) in [6, 6.07) is 13.4. The molecular weight excluding hydrogens is 554 g/mol. The van der Waals surface area contributed by atoms with Gasteiger partial charge in [0.05, 0.1) is 26.8 Å². The summed E-state index contributed by atoms with van der Waals surface area (Å²) >= 11 is 0.989. The van der Waals surface area contributed by atoms with Gasteiger partial charge in [0.1, 0.15) is 10.4 Å². The number of hydrogen-bond acceptors (Lipinski definition) is 8. The summed E-state index contributed by atoms with van der Waals surface area (Å²) in [7, 11) is -3.32. The van der Waals surface area contributed by atoms with Gasteiger partial charge in [-0.1, -0.05) is 24.3 Å². The van der Waals surface area contributed by atoms with Crippen molar-refractivity contribution in [3.63, 3.8) is 0 Å². The monoisotopic (exact) mass is 583 g/mol. The zero-order valence-electron chi connectivity index (χ0n) is 22.6. The molecule has 0 aliphatic carbocycles. The van der Waals surface area contributed by atoms with Crippen molar-refractivity contribution in [3.8, 4) is 0 Å². The predicted molar refractivity (Wildman–Crippen MR) is 153 cm³/mol. The van der Waals surface area contributed by atoms with Crippen LogP contribution in [0.5, 0.6) is 0 Å². The third kappa shape index (κ3) is 6.40. The number of amides is 1. The molecule has 4 aromatic rings. The molecule has 1 amide bonds. The topological polar surface area (TPSA) is 144 Å². The second-order valence-corrected chi connectivity index (χ2v) is 13.4. The van der Waals surface area contributed by atoms with Gasteiger partial charge in [-0.3, -0.25) is 19.1 Å². The Morgan fingerprint density at radius 1 is 1.05 bits per heavy atom. The number of nitrogens with zero attached hydrogens (tertiary/aromatic N) is 1. The third-order valence-electron chi connectivity index (χ3n) is 6.06. The standard InChI is InChI=1S/C28H29N3O7S2/c1-16(18-8-10-19(11-9-18)26(34)38-28(2,3)4)31-25(33)21-14-22(39-24(21)30-27(31)35)23(32)29-15-17-6-12-20(13-7-17)40(5,36)37/h6-14,16H,15H2,1-5H3,(H,29,32)(H,30,35). The summed E-state index contributed by atoms with van der Waals surface area (Å²) in [5.74, 6) is -0.913. The lowest BCUT2D eigenvalue weighted by Crippen LogP contribution is -2.37. The quantitative estimate of drug-likeness (QED) is 0.316. The molecule has 1 atom stereocenters. The van der Waals surface area contributed by atoms with E-state index in [4.69, 9.17) is 4.74 Å². The second kappa shape index (κ2) is 10.9. The van der Waals surface area contributed by atoms with E-state index < -0.39 is 44.6 Å². The summed E-state index contributed by atoms with van der Waals surface area (Å²) in [6.45, 7) is 7.17. The number of benzene rings is 2. The number of aromatic nitrogens is 2. The number of H-pyrrole nitrogens is 1. The first-order chi connectivity index (χ1) is 18.6. The van der Waals surface area contributed by atoms with Crippen molar-refractivity contribution in [2.75, 3.05) is 6.26 Å². The number of esters is 1. The van der Waals surface area contributed by atoms with Crippen molar-refractivity contribution in [1.82, 2.24) is 14.9 Å². The van der Waals surface area contributed by atoms with Crippen molar-refractivity contribution < 1.29 is 22.7 Å². The number of thiophene rings is 1. The Kier molecular flexibility index (Phi) is 7.86. The molecule has 210 valence electrons. The molecule has 2 aromatic carbocycles. The Bertz CT molecular complexity index is 1810. The average molecular weight is 584 g/mol. The van der Waals surface area contributed by atoms with Gasteiger partial charge in [-0.2, -0.15) is 0 Å². The van der Waals surface area contributed by atoms with E-state index in [9.17, 15) is 27.6 Å². The fraction of sp³-hybridized carbons (Fsp3) is 0.286. The third-order valence-corrected chi connectivity index (χ3v) is 8.24. The van der Waals surface area contributed by atoms with E-state index in [1.807, 2.05) is 0 Å². The number of carbonyl (C=O) groups excluding carboxylic acids is 2. The van der Waals surface area contributed by atoms with Gasteiger partial charge in [0.2, 0.25) is 0 Å². The van der Waals surface area contributed by atoms with Crippen molar-refractivity contribution in [3.05, 3.63) is 97.0 Å². The number of ether oxygens (including phenoxy) is 1. The van der Waals surface area contributed by atoms with Crippen LogP contribution in [0.2, 0.25) is 0 Å². The lowest BCUT2D eigenvalue weighted by atomic mass is 10.1. The van der Waals surface area contributed by atoms with Crippen molar-refractivity contribution in [2.45, 2.75) is 50.8 Å². The van der Waals surface area contributed by atoms with E-state index in [1.165, 1.54) is 18.2 Å². The Hall–Kier alpha value is -4.03. The molecule has 4 rings (SSSR count). The maximum atomic E-state index is 13.3. The number of nitrogens with one attached hydrogen (secondary N) is 2. The molecule has 1 unspecified atom stereocenters. The number of hydrogen-bond donors (Lipinski definition) is 2. The van der Waals surface area contributed by atoms with Gasteiger partial charge in [-0.15, -0.1) is 11.3 Å². The molecule has 0 spiro atoms. The van der Waals surface area contributed by atoms with Crippen LogP contribution in [0.25, 0.3) is 10.2 Å². The van der Waals surface area contributed by atoms with Crippen LogP contribution in [0.3, 0.4) is 0 Å². The fourth-order valence-electron chi connectivity index (χ4n) is 3.99. The Balaban J connectivity index is 1.54. The molecule has 0 saturated heterocycles. The van der Waals surface area contributed by atoms with Gasteiger partial charge in [-0.05, 0) is 69.2 Å². The highest BCUT2D eigenvalue weighted by atomic mass is 32.2. The molecule has 12 heteroatoms. The number of aromatic amines is 1. The van der Waals surface area contributed by atoms with Gasteiger partial charge >= 0.3 is 11.7 Å². The van der Waals surface area contributed by atoms with E-state index >= 15 is 0 Å². The molecule has 2 N–H and O–H groups in total. The van der Waals surface area contributed by atoms with Crippen LogP contribution in [0.4, 0.5) is 0 Å². The highest BCUT2D eigenvalue weighted by Gasteiger charge is 2.21. The van der Waals surface area contributed by atoms with Crippen LogP contribution in [0.15, 0.2) is 69.1 Å². The molecule has 0 aliphatic rings. The van der Waals surface area contributed by atoms with Crippen molar-refractivity contribution >= 4 is 43.3 Å². The van der Waals surface area contributed by atoms with Crippen molar-refractivity contribution in [1.29, 1.82) is 0 Å². The van der Waals surface area contributed by atoms with Gasteiger partial charge in [0.25, 0.3) is 11.5 Å². The van der Waals surface area contributed by atoms with Gasteiger partial charge in [-0.25, -0.2) is 18.0 Å². The minimum absolute atomic E-state index is 0.147. The van der Waals surface area contributed by atoms with Crippen LogP contribution in [-0.2, 0) is 21.1 Å². The first kappa shape index (κ1) is 29.0. The summed E-state index contributed by atoms with van der Waals surface area (Å²) in [5, 5.41) is 2.94. The zero-order valence-corrected chi connectivity index (χ0v) is 24.2. The van der Waals surface area contributed by atoms with Gasteiger partial charge in [0.15, 0.2) is 9.84 Å². The minimum atomic E-state index is -3.32. The normalized spacial score (nSPS) is 12.7. The second-order valence-electron chi connectivity index (χ2n) is 10.4. The summed E-state index contributed by atoms with van der Waals surface area (Å²) in [4.78, 5) is 54.7. The van der Waals surface area contributed by atoms with Gasteiger partial charge < -0.3 is 10.1 Å². The van der Waals surface area contributed by atoms with E-state index in [-0.39, 0.29) is 26.5 Å². The first-order valence-corrected chi connectivity index (χ1v) is 15.0. The average Bonchev–Trinajstić information content (AvgIpc) is 3.30. The lowest BCUT2D eigenvalue weighted by molar-refractivity contribution is 0.00693. The maximum absolute atomic E-state index is 13.3. The molecule has 0 bridgehead atoms. The van der Waals surface area contributed by atoms with E-state index in [0.717, 1.165) is 22.2 Å². The van der Waals surface area contributed by atoms with Crippen LogP contribution >= 0.6 is 11.3 Å². The number of carbonyl (C=O) groups is 2. The minimum Gasteiger partial charge on any atom is -0.456 e. The number of sulfone groups is 1. The largest absolute Gasteiger partial charge is 0.456 e. The van der Waals surface area contributed by atoms with Gasteiger partial charge in [0, 0.05) is 12.8 Å². The Labute approximate surface area is 234 Å². The predicted octanol–water partition coefficient (Wildman–Crippen LogP) is 3.65. The van der Waals surface area contributed by atoms with Crippen LogP contribution in [0, 0.1) is 0 Å². The molecule has 0 aliphatic heterocycles. The molecular formula is C28H29N3O7S2. The highest BCUT2D eigenvalue weighted by molar-refractivity contribution is 7.90. The van der Waals surface area contributed by atoms with E-state index in [1.54, 1.807) is 64.1 Å². The maximum Gasteiger partial charge on any atom is 0.338 e. The first-order valence-electron chi connectivity index (χ1n) is 12.3. The molecule has 0 saturated carbocycles. The SMILES string of the molecule is CC(c1ccc(C(=O)OC(C)(C)C)cc1)n1c(=O)[nH]c2sc(C(=O)NCc3ccc(S(C)(=O)=O)cc3)cc2c1=O. The van der Waals surface area contributed by atoms with Crippen LogP contribution in [0.1, 0.15) is 64.9 Å². The number of fused-ring (bicyclic) bond motifs is 1.